The topological polar surface area (TPSA) is 54.4 Å². The van der Waals surface area contributed by atoms with Crippen molar-refractivity contribution in [1.82, 2.24) is 0 Å². The molecule has 3 nitrogen and oxygen atoms in total. The van der Waals surface area contributed by atoms with Crippen LogP contribution in [0.3, 0.4) is 0 Å². The number of aliphatic hydroxyl groups is 1. The number of hydrogen-bond acceptors (Lipinski definition) is 3. The molecule has 4 heteroatoms. The Morgan fingerprint density at radius 1 is 1.25 bits per heavy atom. The van der Waals surface area contributed by atoms with Crippen LogP contribution >= 0.6 is 0 Å². The molecule has 0 spiro atoms. The molecule has 16 heavy (non-hydrogen) atoms. The number of hydrogen-bond donors (Lipinski definition) is 1. The summed E-state index contributed by atoms with van der Waals surface area (Å²) in [4.78, 5) is 0.326. The zero-order valence-corrected chi connectivity index (χ0v) is 10.3. The summed E-state index contributed by atoms with van der Waals surface area (Å²) >= 11 is 0. The van der Waals surface area contributed by atoms with Gasteiger partial charge in [0.05, 0.1) is 10.5 Å². The molecule has 0 saturated heterocycles. The van der Waals surface area contributed by atoms with Crippen molar-refractivity contribution < 1.29 is 13.5 Å². The third-order valence-electron chi connectivity index (χ3n) is 2.72. The molecule has 1 aliphatic heterocycles. The van der Waals surface area contributed by atoms with E-state index in [9.17, 15) is 13.5 Å². The summed E-state index contributed by atoms with van der Waals surface area (Å²) in [7, 11) is -3.39. The average Bonchev–Trinajstić information content (AvgIpc) is 2.39. The maximum Gasteiger partial charge on any atom is 0.201 e. The van der Waals surface area contributed by atoms with Crippen LogP contribution in [-0.4, -0.2) is 19.1 Å². The number of rotatable bonds is 1. The van der Waals surface area contributed by atoms with Gasteiger partial charge in [-0.1, -0.05) is 18.2 Å². The molecule has 1 aliphatic rings. The van der Waals surface area contributed by atoms with Crippen LogP contribution < -0.4 is 0 Å². The Kier molecular flexibility index (Phi) is 2.26. The van der Waals surface area contributed by atoms with Crippen molar-refractivity contribution in [3.63, 3.8) is 0 Å². The van der Waals surface area contributed by atoms with Crippen LogP contribution in [-0.2, 0) is 9.84 Å². The molecule has 0 bridgehead atoms. The van der Waals surface area contributed by atoms with Gasteiger partial charge in [0.25, 0.3) is 0 Å². The van der Waals surface area contributed by atoms with Crippen molar-refractivity contribution in [2.75, 3.05) is 0 Å². The fourth-order valence-electron chi connectivity index (χ4n) is 1.99. The Hall–Kier alpha value is -1.13. The summed E-state index contributed by atoms with van der Waals surface area (Å²) in [5, 5.41) is 11.1. The van der Waals surface area contributed by atoms with E-state index < -0.39 is 15.4 Å². The fraction of sp³-hybridized carbons (Fsp3) is 0.333. The van der Waals surface area contributed by atoms with Gasteiger partial charge in [0, 0.05) is 16.5 Å². The van der Waals surface area contributed by atoms with Crippen molar-refractivity contribution in [2.45, 2.75) is 31.3 Å². The summed E-state index contributed by atoms with van der Waals surface area (Å²) in [6.45, 7) is 4.94. The Labute approximate surface area is 95.3 Å². The van der Waals surface area contributed by atoms with Gasteiger partial charge in [0.15, 0.2) is 0 Å². The summed E-state index contributed by atoms with van der Waals surface area (Å²) < 4.78 is 23.9. The molecular formula is C12H14O3S. The van der Waals surface area contributed by atoms with Crippen LogP contribution in [0.4, 0.5) is 0 Å². The van der Waals surface area contributed by atoms with Crippen LogP contribution in [0.15, 0.2) is 28.5 Å². The second-order valence-electron chi connectivity index (χ2n) is 4.59. The minimum Gasteiger partial charge on any atom is -0.386 e. The first-order valence-corrected chi connectivity index (χ1v) is 6.58. The molecular weight excluding hydrogens is 224 g/mol. The third kappa shape index (κ3) is 1.58. The lowest BCUT2D eigenvalue weighted by Crippen LogP contribution is -2.19. The molecule has 0 fully saturated rings. The van der Waals surface area contributed by atoms with E-state index in [1.807, 2.05) is 0 Å². The lowest BCUT2D eigenvalue weighted by Gasteiger charge is -2.19. The molecule has 1 N–H and O–H groups in total. The SMILES string of the molecule is Cc1cccc2c1S(=O)(=O)C=C2C(C)(C)O. The van der Waals surface area contributed by atoms with Gasteiger partial charge in [0.1, 0.15) is 0 Å². The minimum absolute atomic E-state index is 0.326. The van der Waals surface area contributed by atoms with Crippen LogP contribution in [0.5, 0.6) is 0 Å². The number of aryl methyl sites for hydroxylation is 1. The van der Waals surface area contributed by atoms with Crippen molar-refractivity contribution >= 4 is 15.4 Å². The molecule has 0 unspecified atom stereocenters. The van der Waals surface area contributed by atoms with Crippen molar-refractivity contribution in [3.05, 3.63) is 34.7 Å². The van der Waals surface area contributed by atoms with Gasteiger partial charge in [-0.3, -0.25) is 0 Å². The van der Waals surface area contributed by atoms with Crippen LogP contribution in [0, 0.1) is 6.92 Å². The van der Waals surface area contributed by atoms with Crippen molar-refractivity contribution in [1.29, 1.82) is 0 Å². The summed E-state index contributed by atoms with van der Waals surface area (Å²) in [6, 6.07) is 5.29. The number of sulfone groups is 1. The van der Waals surface area contributed by atoms with Gasteiger partial charge in [-0.05, 0) is 26.3 Å². The van der Waals surface area contributed by atoms with E-state index >= 15 is 0 Å². The molecule has 1 aromatic carbocycles. The summed E-state index contributed by atoms with van der Waals surface area (Å²) in [6.07, 6.45) is 0. The van der Waals surface area contributed by atoms with Gasteiger partial charge < -0.3 is 5.11 Å². The third-order valence-corrected chi connectivity index (χ3v) is 4.38. The molecule has 0 atom stereocenters. The molecule has 86 valence electrons. The van der Waals surface area contributed by atoms with Gasteiger partial charge in [-0.2, -0.15) is 0 Å². The van der Waals surface area contributed by atoms with Gasteiger partial charge in [-0.25, -0.2) is 8.42 Å². The zero-order chi connectivity index (χ0) is 12.1. The monoisotopic (exact) mass is 238 g/mol. The quantitative estimate of drug-likeness (QED) is 0.813. The van der Waals surface area contributed by atoms with Gasteiger partial charge >= 0.3 is 0 Å². The molecule has 0 saturated carbocycles. The maximum atomic E-state index is 11.9. The van der Waals surface area contributed by atoms with Crippen LogP contribution in [0.25, 0.3) is 5.57 Å². The highest BCUT2D eigenvalue weighted by Crippen LogP contribution is 2.40. The highest BCUT2D eigenvalue weighted by molar-refractivity contribution is 7.95. The Balaban J connectivity index is 2.81. The highest BCUT2D eigenvalue weighted by Gasteiger charge is 2.34. The molecule has 0 amide bonds. The van der Waals surface area contributed by atoms with E-state index in [2.05, 4.69) is 0 Å². The first-order valence-electron chi connectivity index (χ1n) is 5.03. The molecule has 2 rings (SSSR count). The van der Waals surface area contributed by atoms with E-state index in [1.54, 1.807) is 39.0 Å². The molecule has 1 aromatic rings. The second kappa shape index (κ2) is 3.18. The van der Waals surface area contributed by atoms with Crippen LogP contribution in [0.2, 0.25) is 0 Å². The predicted molar refractivity (Wildman–Crippen MR) is 62.6 cm³/mol. The number of fused-ring (bicyclic) bond motifs is 1. The Morgan fingerprint density at radius 3 is 2.44 bits per heavy atom. The Morgan fingerprint density at radius 2 is 1.88 bits per heavy atom. The van der Waals surface area contributed by atoms with E-state index in [1.165, 1.54) is 5.41 Å². The molecule has 0 aliphatic carbocycles. The normalized spacial score (nSPS) is 18.1. The largest absolute Gasteiger partial charge is 0.386 e. The second-order valence-corrected chi connectivity index (χ2v) is 6.32. The first-order chi connectivity index (χ1) is 7.23. The molecule has 1 heterocycles. The van der Waals surface area contributed by atoms with E-state index in [0.717, 1.165) is 0 Å². The lowest BCUT2D eigenvalue weighted by molar-refractivity contribution is 0.144. The minimum atomic E-state index is -3.39. The van der Waals surface area contributed by atoms with E-state index in [4.69, 9.17) is 0 Å². The van der Waals surface area contributed by atoms with Crippen molar-refractivity contribution in [3.8, 4) is 0 Å². The zero-order valence-electron chi connectivity index (χ0n) is 9.48. The van der Waals surface area contributed by atoms with E-state index in [-0.39, 0.29) is 0 Å². The summed E-state index contributed by atoms with van der Waals surface area (Å²) in [5.74, 6) is 0. The first kappa shape index (κ1) is 11.4. The van der Waals surface area contributed by atoms with Crippen molar-refractivity contribution in [2.24, 2.45) is 0 Å². The predicted octanol–water partition coefficient (Wildman–Crippen LogP) is 1.89. The highest BCUT2D eigenvalue weighted by atomic mass is 32.2. The van der Waals surface area contributed by atoms with Gasteiger partial charge in [0.2, 0.25) is 9.84 Å². The van der Waals surface area contributed by atoms with Crippen LogP contribution in [0.1, 0.15) is 25.0 Å². The number of benzene rings is 1. The summed E-state index contributed by atoms with van der Waals surface area (Å²) in [5.41, 5.74) is 0.651. The lowest BCUT2D eigenvalue weighted by atomic mass is 9.92. The van der Waals surface area contributed by atoms with Gasteiger partial charge in [-0.15, -0.1) is 0 Å². The maximum absolute atomic E-state index is 11.9. The van der Waals surface area contributed by atoms with E-state index in [0.29, 0.717) is 21.6 Å². The standard InChI is InChI=1S/C12H14O3S/c1-8-5-4-6-9-10(12(2,3)13)7-16(14,15)11(8)9/h4-7,13H,1-3H3. The molecule has 0 aromatic heterocycles. The average molecular weight is 238 g/mol. The fourth-order valence-corrected chi connectivity index (χ4v) is 3.84. The Bertz CT molecular complexity index is 575. The molecule has 0 radical (unpaired) electrons. The smallest absolute Gasteiger partial charge is 0.201 e.